The van der Waals surface area contributed by atoms with E-state index >= 15 is 0 Å². The van der Waals surface area contributed by atoms with E-state index in [-0.39, 0.29) is 5.91 Å². The Morgan fingerprint density at radius 2 is 1.93 bits per heavy atom. The van der Waals surface area contributed by atoms with Gasteiger partial charge in [0.2, 0.25) is 0 Å². The molecule has 0 saturated heterocycles. The molecule has 27 heavy (non-hydrogen) atoms. The number of carbonyl (C=O) groups excluding carboxylic acids is 1. The van der Waals surface area contributed by atoms with E-state index in [0.717, 1.165) is 38.2 Å². The predicted octanol–water partition coefficient (Wildman–Crippen LogP) is 5.36. The summed E-state index contributed by atoms with van der Waals surface area (Å²) < 4.78 is 0. The summed E-state index contributed by atoms with van der Waals surface area (Å²) in [6.07, 6.45) is 5.54. The van der Waals surface area contributed by atoms with Crippen molar-refractivity contribution < 1.29 is 4.79 Å². The lowest BCUT2D eigenvalue weighted by atomic mass is 10.1. The van der Waals surface area contributed by atoms with E-state index in [0.29, 0.717) is 5.56 Å². The summed E-state index contributed by atoms with van der Waals surface area (Å²) in [4.78, 5) is 21.5. The maximum absolute atomic E-state index is 12.8. The largest absolute Gasteiger partial charge is 0.322 e. The molecule has 0 spiro atoms. The van der Waals surface area contributed by atoms with E-state index in [9.17, 15) is 4.79 Å². The molecule has 0 bridgehead atoms. The van der Waals surface area contributed by atoms with Gasteiger partial charge in [-0.3, -0.25) is 4.79 Å². The van der Waals surface area contributed by atoms with Gasteiger partial charge in [0.1, 0.15) is 5.03 Å². The predicted molar refractivity (Wildman–Crippen MR) is 114 cm³/mol. The first-order valence-electron chi connectivity index (χ1n) is 8.52. The van der Waals surface area contributed by atoms with E-state index in [1.165, 1.54) is 0 Å². The molecule has 2 aromatic heterocycles. The molecule has 6 heteroatoms. The Morgan fingerprint density at radius 1 is 1.07 bits per heavy atom. The van der Waals surface area contributed by atoms with Crippen LogP contribution in [-0.2, 0) is 5.75 Å². The van der Waals surface area contributed by atoms with Crippen molar-refractivity contribution in [2.24, 2.45) is 0 Å². The lowest BCUT2D eigenvalue weighted by molar-refractivity contribution is 0.102. The van der Waals surface area contributed by atoms with Crippen molar-refractivity contribution in [1.29, 1.82) is 0 Å². The number of pyridine rings is 2. The van der Waals surface area contributed by atoms with Crippen LogP contribution >= 0.6 is 23.5 Å². The first-order valence-corrected chi connectivity index (χ1v) is 10.7. The van der Waals surface area contributed by atoms with Gasteiger partial charge in [-0.25, -0.2) is 9.97 Å². The highest BCUT2D eigenvalue weighted by atomic mass is 32.2. The average molecular weight is 396 g/mol. The Morgan fingerprint density at radius 3 is 2.74 bits per heavy atom. The van der Waals surface area contributed by atoms with Gasteiger partial charge < -0.3 is 5.32 Å². The second kappa shape index (κ2) is 9.06. The normalized spacial score (nSPS) is 10.6. The van der Waals surface area contributed by atoms with Crippen LogP contribution < -0.4 is 5.32 Å². The molecule has 0 unspecified atom stereocenters. The molecule has 0 fully saturated rings. The van der Waals surface area contributed by atoms with Crippen LogP contribution in [0.2, 0.25) is 0 Å². The number of hydrogen-bond donors (Lipinski definition) is 1. The third-order valence-electron chi connectivity index (χ3n) is 4.04. The zero-order valence-electron chi connectivity index (χ0n) is 15.5. The minimum Gasteiger partial charge on any atom is -0.322 e. The Labute approximate surface area is 168 Å². The van der Waals surface area contributed by atoms with E-state index in [1.807, 2.05) is 56.6 Å². The molecule has 1 N–H and O–H groups in total. The number of nitrogens with zero attached hydrogens (tertiary/aromatic N) is 2. The van der Waals surface area contributed by atoms with Crippen LogP contribution in [0.3, 0.4) is 0 Å². The summed E-state index contributed by atoms with van der Waals surface area (Å²) in [5.41, 5.74) is 4.72. The van der Waals surface area contributed by atoms with Gasteiger partial charge in [-0.2, -0.15) is 0 Å². The summed E-state index contributed by atoms with van der Waals surface area (Å²) in [5.74, 6) is 0.593. The fourth-order valence-corrected chi connectivity index (χ4v) is 3.91. The maximum atomic E-state index is 12.8. The van der Waals surface area contributed by atoms with Gasteiger partial charge in [0.25, 0.3) is 5.91 Å². The number of aryl methyl sites for hydroxylation is 2. The van der Waals surface area contributed by atoms with Gasteiger partial charge in [-0.1, -0.05) is 12.1 Å². The summed E-state index contributed by atoms with van der Waals surface area (Å²) in [6, 6.07) is 13.7. The van der Waals surface area contributed by atoms with Crippen molar-refractivity contribution in [3.63, 3.8) is 0 Å². The highest BCUT2D eigenvalue weighted by molar-refractivity contribution is 7.98. The number of amides is 1. The average Bonchev–Trinajstić information content (AvgIpc) is 2.69. The van der Waals surface area contributed by atoms with Crippen LogP contribution in [0.4, 0.5) is 5.69 Å². The molecular formula is C21H21N3OS2. The first kappa shape index (κ1) is 19.5. The van der Waals surface area contributed by atoms with Crippen LogP contribution in [-0.4, -0.2) is 22.1 Å². The number of benzene rings is 1. The first-order chi connectivity index (χ1) is 13.1. The Hall–Kier alpha value is -2.31. The van der Waals surface area contributed by atoms with Crippen LogP contribution in [0.15, 0.2) is 64.9 Å². The Kier molecular flexibility index (Phi) is 6.53. The summed E-state index contributed by atoms with van der Waals surface area (Å²) in [7, 11) is 0. The van der Waals surface area contributed by atoms with Gasteiger partial charge >= 0.3 is 0 Å². The molecule has 0 aliphatic rings. The monoisotopic (exact) mass is 395 g/mol. The SMILES string of the molecule is CSc1cc(CSc2ncccc2C(=O)Nc2cc(C)ccc2C)ccn1. The quantitative estimate of drug-likeness (QED) is 0.570. The van der Waals surface area contributed by atoms with Crippen LogP contribution in [0.1, 0.15) is 27.0 Å². The summed E-state index contributed by atoms with van der Waals surface area (Å²) in [5, 5.41) is 4.73. The molecule has 1 aromatic carbocycles. The smallest absolute Gasteiger partial charge is 0.258 e. The Balaban J connectivity index is 1.76. The van der Waals surface area contributed by atoms with Crippen molar-refractivity contribution in [2.45, 2.75) is 29.7 Å². The topological polar surface area (TPSA) is 54.9 Å². The van der Waals surface area contributed by atoms with Crippen molar-refractivity contribution in [2.75, 3.05) is 11.6 Å². The third kappa shape index (κ3) is 5.11. The minimum atomic E-state index is -0.140. The van der Waals surface area contributed by atoms with E-state index in [1.54, 1.807) is 35.8 Å². The summed E-state index contributed by atoms with van der Waals surface area (Å²) >= 11 is 3.17. The van der Waals surface area contributed by atoms with Gasteiger partial charge in [0.05, 0.1) is 10.6 Å². The van der Waals surface area contributed by atoms with Crippen molar-refractivity contribution in [3.8, 4) is 0 Å². The lowest BCUT2D eigenvalue weighted by Gasteiger charge is -2.11. The zero-order chi connectivity index (χ0) is 19.2. The standard InChI is InChI=1S/C21H21N3OS2/c1-14-6-7-15(2)18(11-14)24-20(25)17-5-4-9-23-21(17)27-13-16-8-10-22-19(12-16)26-3/h4-12H,13H2,1-3H3,(H,24,25). The number of anilines is 1. The molecule has 4 nitrogen and oxygen atoms in total. The molecule has 0 aliphatic carbocycles. The van der Waals surface area contributed by atoms with Crippen LogP contribution in [0.5, 0.6) is 0 Å². The fourth-order valence-electron chi connectivity index (χ4n) is 2.54. The van der Waals surface area contributed by atoms with Gasteiger partial charge in [-0.05, 0) is 67.1 Å². The molecule has 0 aliphatic heterocycles. The second-order valence-corrected chi connectivity index (χ2v) is 7.91. The van der Waals surface area contributed by atoms with Crippen molar-refractivity contribution in [3.05, 3.63) is 77.1 Å². The summed E-state index contributed by atoms with van der Waals surface area (Å²) in [6.45, 7) is 4.00. The molecule has 0 atom stereocenters. The van der Waals surface area contributed by atoms with E-state index in [2.05, 4.69) is 21.4 Å². The second-order valence-electron chi connectivity index (χ2n) is 6.12. The van der Waals surface area contributed by atoms with Crippen LogP contribution in [0, 0.1) is 13.8 Å². The molecule has 0 radical (unpaired) electrons. The molecular weight excluding hydrogens is 374 g/mol. The number of hydrogen-bond acceptors (Lipinski definition) is 5. The number of rotatable bonds is 6. The third-order valence-corrected chi connectivity index (χ3v) is 5.76. The Bertz CT molecular complexity index is 960. The highest BCUT2D eigenvalue weighted by Gasteiger charge is 2.14. The highest BCUT2D eigenvalue weighted by Crippen LogP contribution is 2.26. The van der Waals surface area contributed by atoms with Gasteiger partial charge in [-0.15, -0.1) is 23.5 Å². The maximum Gasteiger partial charge on any atom is 0.258 e. The lowest BCUT2D eigenvalue weighted by Crippen LogP contribution is -2.14. The fraction of sp³-hybridized carbons (Fsp3) is 0.190. The molecule has 2 heterocycles. The molecule has 0 saturated carbocycles. The zero-order valence-corrected chi connectivity index (χ0v) is 17.2. The number of aromatic nitrogens is 2. The van der Waals surface area contributed by atoms with Crippen molar-refractivity contribution >= 4 is 35.1 Å². The van der Waals surface area contributed by atoms with Crippen LogP contribution in [0.25, 0.3) is 0 Å². The van der Waals surface area contributed by atoms with E-state index in [4.69, 9.17) is 0 Å². The molecule has 1 amide bonds. The van der Waals surface area contributed by atoms with Gasteiger partial charge in [0.15, 0.2) is 0 Å². The number of thioether (sulfide) groups is 2. The number of nitrogens with one attached hydrogen (secondary N) is 1. The van der Waals surface area contributed by atoms with Crippen molar-refractivity contribution in [1.82, 2.24) is 9.97 Å². The minimum absolute atomic E-state index is 0.140. The van der Waals surface area contributed by atoms with Gasteiger partial charge in [0, 0.05) is 23.8 Å². The molecule has 3 aromatic rings. The molecule has 138 valence electrons. The number of carbonyl (C=O) groups is 1. The molecule has 3 rings (SSSR count). The van der Waals surface area contributed by atoms with E-state index < -0.39 is 0 Å².